The Bertz CT molecular complexity index is 1040. The Morgan fingerprint density at radius 1 is 1.17 bits per heavy atom. The van der Waals surface area contributed by atoms with Gasteiger partial charge in [0.2, 0.25) is 5.91 Å². The van der Waals surface area contributed by atoms with Crippen LogP contribution in [0.25, 0.3) is 11.3 Å². The summed E-state index contributed by atoms with van der Waals surface area (Å²) in [4.78, 5) is 24.8. The molecule has 0 unspecified atom stereocenters. The number of nitrogens with one attached hydrogen (secondary N) is 2. The molecule has 1 saturated carbocycles. The van der Waals surface area contributed by atoms with Crippen LogP contribution in [0.3, 0.4) is 0 Å². The molecule has 0 spiro atoms. The maximum absolute atomic E-state index is 12.7. The number of benzene rings is 2. The van der Waals surface area contributed by atoms with Crippen LogP contribution in [0.5, 0.6) is 0 Å². The van der Waals surface area contributed by atoms with Crippen molar-refractivity contribution in [2.45, 2.75) is 32.9 Å². The lowest BCUT2D eigenvalue weighted by Crippen LogP contribution is -2.30. The lowest BCUT2D eigenvalue weighted by molar-refractivity contribution is -0.122. The number of carbonyl (C=O) groups is 2. The van der Waals surface area contributed by atoms with Gasteiger partial charge in [-0.15, -0.1) is 5.10 Å². The van der Waals surface area contributed by atoms with Gasteiger partial charge in [0.25, 0.3) is 5.91 Å². The van der Waals surface area contributed by atoms with Crippen molar-refractivity contribution in [2.24, 2.45) is 5.92 Å². The third-order valence-electron chi connectivity index (χ3n) is 5.11. The van der Waals surface area contributed by atoms with Gasteiger partial charge < -0.3 is 10.6 Å². The van der Waals surface area contributed by atoms with Crippen LogP contribution in [0.1, 0.15) is 29.3 Å². The summed E-state index contributed by atoms with van der Waals surface area (Å²) in [6, 6.07) is 15.2. The molecule has 0 saturated heterocycles. The Labute approximate surface area is 169 Å². The molecule has 29 heavy (non-hydrogen) atoms. The van der Waals surface area contributed by atoms with Gasteiger partial charge in [-0.3, -0.25) is 9.59 Å². The van der Waals surface area contributed by atoms with E-state index in [1.165, 1.54) is 4.68 Å². The standard InChI is InChI=1S/C22H23N5O2/c1-14-8-9-16(11-18(14)22(29)23-17-6-4-3-5-7-17)20-12-27(26-25-20)13-21(28)24-19-10-15(19)2/h3-9,11-12,15,19H,10,13H2,1-2H3,(H,23,29)(H,24,28)/t15-,19-/m1/s1. The molecule has 0 bridgehead atoms. The molecule has 0 aliphatic heterocycles. The molecule has 7 nitrogen and oxygen atoms in total. The summed E-state index contributed by atoms with van der Waals surface area (Å²) in [6.07, 6.45) is 2.75. The Morgan fingerprint density at radius 3 is 2.66 bits per heavy atom. The highest BCUT2D eigenvalue weighted by Gasteiger charge is 2.33. The minimum atomic E-state index is -0.180. The van der Waals surface area contributed by atoms with Crippen LogP contribution in [0.4, 0.5) is 5.69 Å². The molecule has 0 radical (unpaired) electrons. The van der Waals surface area contributed by atoms with Crippen molar-refractivity contribution in [2.75, 3.05) is 5.32 Å². The summed E-state index contributed by atoms with van der Waals surface area (Å²) in [7, 11) is 0. The van der Waals surface area contributed by atoms with Crippen molar-refractivity contribution in [3.8, 4) is 11.3 Å². The first-order chi connectivity index (χ1) is 14.0. The number of anilines is 1. The molecule has 2 atom stereocenters. The summed E-state index contributed by atoms with van der Waals surface area (Å²) < 4.78 is 1.52. The third-order valence-corrected chi connectivity index (χ3v) is 5.11. The first kappa shape index (κ1) is 18.9. The maximum Gasteiger partial charge on any atom is 0.255 e. The van der Waals surface area contributed by atoms with Crippen LogP contribution in [0, 0.1) is 12.8 Å². The van der Waals surface area contributed by atoms with Gasteiger partial charge in [-0.1, -0.05) is 42.5 Å². The molecular formula is C22H23N5O2. The second-order valence-electron chi connectivity index (χ2n) is 7.54. The van der Waals surface area contributed by atoms with E-state index in [4.69, 9.17) is 0 Å². The van der Waals surface area contributed by atoms with E-state index >= 15 is 0 Å². The predicted octanol–water partition coefficient (Wildman–Crippen LogP) is 3.03. The fourth-order valence-electron chi connectivity index (χ4n) is 3.18. The van der Waals surface area contributed by atoms with Crippen LogP contribution in [-0.4, -0.2) is 32.9 Å². The summed E-state index contributed by atoms with van der Waals surface area (Å²) in [5, 5.41) is 14.1. The molecule has 2 amide bonds. The van der Waals surface area contributed by atoms with E-state index in [9.17, 15) is 9.59 Å². The molecule has 148 valence electrons. The van der Waals surface area contributed by atoms with E-state index in [1.54, 1.807) is 12.3 Å². The zero-order valence-electron chi connectivity index (χ0n) is 16.4. The monoisotopic (exact) mass is 389 g/mol. The van der Waals surface area contributed by atoms with Crippen molar-refractivity contribution < 1.29 is 9.59 Å². The first-order valence-electron chi connectivity index (χ1n) is 9.66. The number of rotatable bonds is 6. The fraction of sp³-hybridized carbons (Fsp3) is 0.273. The molecule has 7 heteroatoms. The molecule has 1 aliphatic carbocycles. The highest BCUT2D eigenvalue weighted by molar-refractivity contribution is 6.05. The van der Waals surface area contributed by atoms with Crippen LogP contribution in [-0.2, 0) is 11.3 Å². The molecule has 2 N–H and O–H groups in total. The second kappa shape index (κ2) is 7.87. The Balaban J connectivity index is 1.47. The van der Waals surface area contributed by atoms with E-state index in [0.29, 0.717) is 17.2 Å². The van der Waals surface area contributed by atoms with Gasteiger partial charge in [-0.2, -0.15) is 0 Å². The largest absolute Gasteiger partial charge is 0.351 e. The number of aromatic nitrogens is 3. The molecular weight excluding hydrogens is 366 g/mol. The number of aryl methyl sites for hydroxylation is 1. The molecule has 1 heterocycles. The number of amides is 2. The highest BCUT2D eigenvalue weighted by Crippen LogP contribution is 2.28. The number of hydrogen-bond donors (Lipinski definition) is 2. The van der Waals surface area contributed by atoms with Crippen molar-refractivity contribution in [3.63, 3.8) is 0 Å². The maximum atomic E-state index is 12.7. The molecule has 1 aliphatic rings. The normalized spacial score (nSPS) is 17.6. The number of carbonyl (C=O) groups excluding carboxylic acids is 2. The quantitative estimate of drug-likeness (QED) is 0.678. The van der Waals surface area contributed by atoms with E-state index in [0.717, 1.165) is 23.2 Å². The SMILES string of the molecule is Cc1ccc(-c2cn(CC(=O)N[C@@H]3C[C@H]3C)nn2)cc1C(=O)Nc1ccccc1. The second-order valence-corrected chi connectivity index (χ2v) is 7.54. The Kier molecular flexibility index (Phi) is 5.12. The van der Waals surface area contributed by atoms with Gasteiger partial charge in [0.05, 0.1) is 6.20 Å². The summed E-state index contributed by atoms with van der Waals surface area (Å²) in [5.41, 5.74) is 3.57. The minimum absolute atomic E-state index is 0.0670. The van der Waals surface area contributed by atoms with Crippen molar-refractivity contribution in [1.82, 2.24) is 20.3 Å². The van der Waals surface area contributed by atoms with Gasteiger partial charge >= 0.3 is 0 Å². The average molecular weight is 389 g/mol. The van der Waals surface area contributed by atoms with Gasteiger partial charge in [-0.25, -0.2) is 4.68 Å². The molecule has 4 rings (SSSR count). The van der Waals surface area contributed by atoms with Gasteiger partial charge in [0, 0.05) is 22.9 Å². The Hall–Kier alpha value is -3.48. The number of hydrogen-bond acceptors (Lipinski definition) is 4. The van der Waals surface area contributed by atoms with Gasteiger partial charge in [0.15, 0.2) is 0 Å². The van der Waals surface area contributed by atoms with Crippen molar-refractivity contribution in [3.05, 3.63) is 65.9 Å². The molecule has 2 aromatic carbocycles. The Morgan fingerprint density at radius 2 is 1.93 bits per heavy atom. The van der Waals surface area contributed by atoms with E-state index in [-0.39, 0.29) is 24.4 Å². The van der Waals surface area contributed by atoms with Crippen molar-refractivity contribution >= 4 is 17.5 Å². The van der Waals surface area contributed by atoms with E-state index in [2.05, 4.69) is 27.9 Å². The molecule has 1 aromatic heterocycles. The first-order valence-corrected chi connectivity index (χ1v) is 9.66. The van der Waals surface area contributed by atoms with Crippen LogP contribution in [0.15, 0.2) is 54.7 Å². The summed E-state index contributed by atoms with van der Waals surface area (Å²) in [5.74, 6) is 0.307. The summed E-state index contributed by atoms with van der Waals surface area (Å²) >= 11 is 0. The predicted molar refractivity (Wildman–Crippen MR) is 110 cm³/mol. The lowest BCUT2D eigenvalue weighted by atomic mass is 10.0. The molecule has 3 aromatic rings. The fourth-order valence-corrected chi connectivity index (χ4v) is 3.18. The van der Waals surface area contributed by atoms with Gasteiger partial charge in [-0.05, 0) is 43.0 Å². The zero-order chi connectivity index (χ0) is 20.4. The minimum Gasteiger partial charge on any atom is -0.351 e. The van der Waals surface area contributed by atoms with E-state index < -0.39 is 0 Å². The van der Waals surface area contributed by atoms with Crippen LogP contribution in [0.2, 0.25) is 0 Å². The van der Waals surface area contributed by atoms with Gasteiger partial charge in [0.1, 0.15) is 12.2 Å². The van der Waals surface area contributed by atoms with Crippen LogP contribution >= 0.6 is 0 Å². The summed E-state index contributed by atoms with van der Waals surface area (Å²) in [6.45, 7) is 4.13. The number of nitrogens with zero attached hydrogens (tertiary/aromatic N) is 3. The number of para-hydroxylation sites is 1. The molecule has 1 fully saturated rings. The lowest BCUT2D eigenvalue weighted by Gasteiger charge is -2.09. The van der Waals surface area contributed by atoms with Crippen LogP contribution < -0.4 is 10.6 Å². The van der Waals surface area contributed by atoms with E-state index in [1.807, 2.05) is 49.4 Å². The topological polar surface area (TPSA) is 88.9 Å². The average Bonchev–Trinajstić information content (AvgIpc) is 3.19. The highest BCUT2D eigenvalue weighted by atomic mass is 16.2. The van der Waals surface area contributed by atoms with Crippen molar-refractivity contribution in [1.29, 1.82) is 0 Å². The smallest absolute Gasteiger partial charge is 0.255 e. The third kappa shape index (κ3) is 4.51. The zero-order valence-corrected chi connectivity index (χ0v) is 16.4.